The molecule has 2 aromatic rings. The predicted octanol–water partition coefficient (Wildman–Crippen LogP) is 3.58. The molecule has 134 valence electrons. The number of rotatable bonds is 5. The monoisotopic (exact) mass is 359 g/mol. The molecule has 1 fully saturated rings. The summed E-state index contributed by atoms with van der Waals surface area (Å²) in [5.41, 5.74) is 3.59. The van der Waals surface area contributed by atoms with Crippen LogP contribution >= 0.6 is 0 Å². The van der Waals surface area contributed by atoms with Gasteiger partial charge < -0.3 is 9.64 Å². The zero-order valence-electron chi connectivity index (χ0n) is 14.8. The van der Waals surface area contributed by atoms with Crippen LogP contribution in [0, 0.1) is 6.92 Å². The van der Waals surface area contributed by atoms with Crippen molar-refractivity contribution in [3.63, 3.8) is 0 Å². The first-order chi connectivity index (χ1) is 11.9. The largest absolute Gasteiger partial charge is 0.373 e. The average molecular weight is 359 g/mol. The van der Waals surface area contributed by atoms with E-state index < -0.39 is 9.84 Å². The molecule has 2 aromatic carbocycles. The van der Waals surface area contributed by atoms with Crippen molar-refractivity contribution in [1.29, 1.82) is 0 Å². The van der Waals surface area contributed by atoms with E-state index >= 15 is 0 Å². The van der Waals surface area contributed by atoms with Gasteiger partial charge in [-0.2, -0.15) is 0 Å². The SMILES string of the molecule is Cc1ccccc1COC1CCN(c2ccc(S(C)(=O)=O)cc2)CC1. The molecule has 1 heterocycles. The smallest absolute Gasteiger partial charge is 0.175 e. The average Bonchev–Trinajstić information content (AvgIpc) is 2.61. The molecule has 0 aliphatic carbocycles. The van der Waals surface area contributed by atoms with Crippen molar-refractivity contribution < 1.29 is 13.2 Å². The molecule has 0 atom stereocenters. The molecule has 3 rings (SSSR count). The molecule has 0 radical (unpaired) electrons. The summed E-state index contributed by atoms with van der Waals surface area (Å²) < 4.78 is 29.2. The van der Waals surface area contributed by atoms with E-state index in [0.717, 1.165) is 31.6 Å². The number of benzene rings is 2. The van der Waals surface area contributed by atoms with Crippen molar-refractivity contribution in [2.45, 2.75) is 37.4 Å². The summed E-state index contributed by atoms with van der Waals surface area (Å²) in [4.78, 5) is 2.66. The van der Waals surface area contributed by atoms with Crippen LogP contribution in [0.4, 0.5) is 5.69 Å². The van der Waals surface area contributed by atoms with Crippen LogP contribution in [0.2, 0.25) is 0 Å². The molecular weight excluding hydrogens is 334 g/mol. The van der Waals surface area contributed by atoms with Gasteiger partial charge in [0.05, 0.1) is 17.6 Å². The quantitative estimate of drug-likeness (QED) is 0.819. The van der Waals surface area contributed by atoms with Crippen LogP contribution in [0.25, 0.3) is 0 Å². The van der Waals surface area contributed by atoms with Crippen LogP contribution in [0.5, 0.6) is 0 Å². The fourth-order valence-electron chi connectivity index (χ4n) is 3.16. The Kier molecular flexibility index (Phi) is 5.45. The Morgan fingerprint density at radius 3 is 2.28 bits per heavy atom. The molecule has 4 nitrogen and oxygen atoms in total. The molecule has 0 bridgehead atoms. The molecule has 1 aliphatic rings. The van der Waals surface area contributed by atoms with E-state index in [2.05, 4.69) is 30.0 Å². The van der Waals surface area contributed by atoms with Gasteiger partial charge in [-0.05, 0) is 55.2 Å². The maximum atomic E-state index is 11.5. The summed E-state index contributed by atoms with van der Waals surface area (Å²) in [6.07, 6.45) is 3.49. The minimum absolute atomic E-state index is 0.283. The number of aryl methyl sites for hydroxylation is 1. The zero-order valence-corrected chi connectivity index (χ0v) is 15.6. The van der Waals surface area contributed by atoms with Crippen LogP contribution in [-0.2, 0) is 21.2 Å². The van der Waals surface area contributed by atoms with E-state index in [9.17, 15) is 8.42 Å². The standard InChI is InChI=1S/C20H25NO3S/c1-16-5-3-4-6-17(16)15-24-19-11-13-21(14-12-19)18-7-9-20(10-8-18)25(2,22)23/h3-10,19H,11-15H2,1-2H3. The van der Waals surface area contributed by atoms with Crippen molar-refractivity contribution in [3.8, 4) is 0 Å². The molecular formula is C20H25NO3S. The lowest BCUT2D eigenvalue weighted by Crippen LogP contribution is -2.37. The second-order valence-corrected chi connectivity index (χ2v) is 8.71. The summed E-state index contributed by atoms with van der Waals surface area (Å²) in [6.45, 7) is 4.63. The maximum absolute atomic E-state index is 11.5. The van der Waals surface area contributed by atoms with Gasteiger partial charge in [-0.25, -0.2) is 8.42 Å². The Morgan fingerprint density at radius 1 is 1.04 bits per heavy atom. The van der Waals surface area contributed by atoms with Crippen molar-refractivity contribution in [3.05, 3.63) is 59.7 Å². The number of ether oxygens (including phenoxy) is 1. The van der Waals surface area contributed by atoms with Gasteiger partial charge in [0.15, 0.2) is 9.84 Å². The Balaban J connectivity index is 1.52. The zero-order chi connectivity index (χ0) is 17.9. The number of hydrogen-bond donors (Lipinski definition) is 0. The highest BCUT2D eigenvalue weighted by molar-refractivity contribution is 7.90. The van der Waals surface area contributed by atoms with Gasteiger partial charge in [0, 0.05) is 25.0 Å². The first kappa shape index (κ1) is 18.0. The van der Waals surface area contributed by atoms with Crippen LogP contribution in [0.1, 0.15) is 24.0 Å². The van der Waals surface area contributed by atoms with Crippen molar-refractivity contribution in [1.82, 2.24) is 0 Å². The molecule has 1 saturated heterocycles. The minimum Gasteiger partial charge on any atom is -0.373 e. The summed E-state index contributed by atoms with van der Waals surface area (Å²) >= 11 is 0. The van der Waals surface area contributed by atoms with Crippen molar-refractivity contribution in [2.24, 2.45) is 0 Å². The van der Waals surface area contributed by atoms with Gasteiger partial charge in [-0.1, -0.05) is 24.3 Å². The fraction of sp³-hybridized carbons (Fsp3) is 0.400. The highest BCUT2D eigenvalue weighted by atomic mass is 32.2. The molecule has 1 aliphatic heterocycles. The summed E-state index contributed by atoms with van der Waals surface area (Å²) in [5, 5.41) is 0. The van der Waals surface area contributed by atoms with Crippen LogP contribution in [0.15, 0.2) is 53.4 Å². The summed E-state index contributed by atoms with van der Waals surface area (Å²) in [7, 11) is -3.13. The third-order valence-electron chi connectivity index (χ3n) is 4.81. The Bertz CT molecular complexity index is 807. The van der Waals surface area contributed by atoms with Crippen LogP contribution in [0.3, 0.4) is 0 Å². The number of anilines is 1. The molecule has 0 N–H and O–H groups in total. The van der Waals surface area contributed by atoms with E-state index in [0.29, 0.717) is 11.5 Å². The van der Waals surface area contributed by atoms with E-state index in [-0.39, 0.29) is 6.10 Å². The first-order valence-corrected chi connectivity index (χ1v) is 10.5. The molecule has 25 heavy (non-hydrogen) atoms. The van der Waals surface area contributed by atoms with Gasteiger partial charge in [-0.15, -0.1) is 0 Å². The Morgan fingerprint density at radius 2 is 1.68 bits per heavy atom. The maximum Gasteiger partial charge on any atom is 0.175 e. The van der Waals surface area contributed by atoms with E-state index in [1.54, 1.807) is 12.1 Å². The molecule has 0 amide bonds. The topological polar surface area (TPSA) is 46.6 Å². The number of hydrogen-bond acceptors (Lipinski definition) is 4. The lowest BCUT2D eigenvalue weighted by atomic mass is 10.1. The van der Waals surface area contributed by atoms with Crippen LogP contribution in [-0.4, -0.2) is 33.9 Å². The molecule has 5 heteroatoms. The fourth-order valence-corrected chi connectivity index (χ4v) is 3.79. The number of sulfone groups is 1. The molecule has 0 aromatic heterocycles. The van der Waals surface area contributed by atoms with E-state index in [1.807, 2.05) is 18.2 Å². The summed E-state index contributed by atoms with van der Waals surface area (Å²) in [6, 6.07) is 15.5. The highest BCUT2D eigenvalue weighted by Crippen LogP contribution is 2.24. The minimum atomic E-state index is -3.13. The molecule has 0 saturated carbocycles. The highest BCUT2D eigenvalue weighted by Gasteiger charge is 2.20. The van der Waals surface area contributed by atoms with Gasteiger partial charge in [-0.3, -0.25) is 0 Å². The van der Waals surface area contributed by atoms with Crippen molar-refractivity contribution in [2.75, 3.05) is 24.2 Å². The Hall–Kier alpha value is -1.85. The van der Waals surface area contributed by atoms with E-state index in [1.165, 1.54) is 17.4 Å². The summed E-state index contributed by atoms with van der Waals surface area (Å²) in [5.74, 6) is 0. The van der Waals surface area contributed by atoms with Gasteiger partial charge in [0.1, 0.15) is 0 Å². The third-order valence-corrected chi connectivity index (χ3v) is 5.94. The Labute approximate surface area is 150 Å². The van der Waals surface area contributed by atoms with Gasteiger partial charge in [0.25, 0.3) is 0 Å². The number of piperidine rings is 1. The predicted molar refractivity (Wildman–Crippen MR) is 101 cm³/mol. The molecule has 0 spiro atoms. The second kappa shape index (κ2) is 7.58. The normalized spacial score (nSPS) is 16.2. The third kappa shape index (κ3) is 4.61. The lowest BCUT2D eigenvalue weighted by molar-refractivity contribution is 0.0249. The van der Waals surface area contributed by atoms with Gasteiger partial charge in [0.2, 0.25) is 0 Å². The van der Waals surface area contributed by atoms with E-state index in [4.69, 9.17) is 4.74 Å². The van der Waals surface area contributed by atoms with Gasteiger partial charge >= 0.3 is 0 Å². The number of nitrogens with zero attached hydrogens (tertiary/aromatic N) is 1. The lowest BCUT2D eigenvalue weighted by Gasteiger charge is -2.33. The first-order valence-electron chi connectivity index (χ1n) is 8.64. The van der Waals surface area contributed by atoms with Crippen LogP contribution < -0.4 is 4.90 Å². The van der Waals surface area contributed by atoms with Crippen molar-refractivity contribution >= 4 is 15.5 Å². The second-order valence-electron chi connectivity index (χ2n) is 6.69. The molecule has 0 unspecified atom stereocenters.